The predicted octanol–water partition coefficient (Wildman–Crippen LogP) is 4.90. The molecule has 134 valence electrons. The Kier molecular flexibility index (Phi) is 4.86. The molecule has 0 aromatic heterocycles. The molecular weight excluding hydrogens is 322 g/mol. The van der Waals surface area contributed by atoms with Gasteiger partial charge in [-0.1, -0.05) is 37.1 Å². The van der Waals surface area contributed by atoms with Crippen LogP contribution in [0.2, 0.25) is 0 Å². The summed E-state index contributed by atoms with van der Waals surface area (Å²) in [7, 11) is 0. The number of ether oxygens (including phenoxy) is 2. The second-order valence-corrected chi connectivity index (χ2v) is 7.06. The van der Waals surface area contributed by atoms with E-state index in [1.54, 1.807) is 0 Å². The van der Waals surface area contributed by atoms with Gasteiger partial charge in [-0.25, -0.2) is 0 Å². The van der Waals surface area contributed by atoms with Gasteiger partial charge in [0.1, 0.15) is 12.4 Å². The highest BCUT2D eigenvalue weighted by Crippen LogP contribution is 2.49. The summed E-state index contributed by atoms with van der Waals surface area (Å²) < 4.78 is 11.8. The number of nitrogens with one attached hydrogen (secondary N) is 1. The van der Waals surface area contributed by atoms with Gasteiger partial charge in [-0.3, -0.25) is 0 Å². The zero-order valence-corrected chi connectivity index (χ0v) is 15.2. The monoisotopic (exact) mass is 347 g/mol. The number of hydrogen-bond acceptors (Lipinski definition) is 3. The summed E-state index contributed by atoms with van der Waals surface area (Å²) in [6.07, 6.45) is 8.78. The minimum absolute atomic E-state index is 0.175. The minimum atomic E-state index is 0.175. The second kappa shape index (κ2) is 7.43. The summed E-state index contributed by atoms with van der Waals surface area (Å²) in [6, 6.07) is 15.3. The number of hydrogen-bond donors (Lipinski definition) is 1. The molecule has 2 aliphatic heterocycles. The van der Waals surface area contributed by atoms with Gasteiger partial charge in [0.05, 0.1) is 12.1 Å². The quantitative estimate of drug-likeness (QED) is 0.798. The fourth-order valence-electron chi connectivity index (χ4n) is 4.17. The summed E-state index contributed by atoms with van der Waals surface area (Å²) in [4.78, 5) is 0. The average molecular weight is 347 g/mol. The Morgan fingerprint density at radius 2 is 2.08 bits per heavy atom. The van der Waals surface area contributed by atoms with E-state index in [4.69, 9.17) is 15.9 Å². The lowest BCUT2D eigenvalue weighted by Gasteiger charge is -2.43. The van der Waals surface area contributed by atoms with Gasteiger partial charge < -0.3 is 14.8 Å². The van der Waals surface area contributed by atoms with E-state index >= 15 is 0 Å². The van der Waals surface area contributed by atoms with E-state index in [0.717, 1.165) is 25.2 Å². The van der Waals surface area contributed by atoms with Gasteiger partial charge >= 0.3 is 0 Å². The van der Waals surface area contributed by atoms with Crippen molar-refractivity contribution in [3.8, 4) is 18.1 Å². The summed E-state index contributed by atoms with van der Waals surface area (Å²) in [5, 5.41) is 3.77. The van der Waals surface area contributed by atoms with Crippen LogP contribution in [0.15, 0.2) is 42.5 Å². The van der Waals surface area contributed by atoms with Crippen LogP contribution < -0.4 is 10.1 Å². The molecule has 0 amide bonds. The summed E-state index contributed by atoms with van der Waals surface area (Å²) in [5.41, 5.74) is 5.15. The molecule has 2 aromatic rings. The maximum absolute atomic E-state index is 6.25. The molecule has 3 nitrogen and oxygen atoms in total. The molecule has 0 spiro atoms. The third-order valence-electron chi connectivity index (χ3n) is 5.50. The third-order valence-corrected chi connectivity index (χ3v) is 5.50. The zero-order valence-electron chi connectivity index (χ0n) is 15.2. The number of fused-ring (bicyclic) bond motifs is 3. The molecule has 26 heavy (non-hydrogen) atoms. The summed E-state index contributed by atoms with van der Waals surface area (Å²) in [6.45, 7) is 3.35. The zero-order chi connectivity index (χ0) is 17.9. The Morgan fingerprint density at radius 1 is 1.23 bits per heavy atom. The highest BCUT2D eigenvalue weighted by molar-refractivity contribution is 5.58. The van der Waals surface area contributed by atoms with Crippen molar-refractivity contribution in [1.29, 1.82) is 0 Å². The average Bonchev–Trinajstić information content (AvgIpc) is 2.71. The van der Waals surface area contributed by atoms with Gasteiger partial charge in [0, 0.05) is 23.8 Å². The fraction of sp³-hybridized carbons (Fsp3) is 0.391. The highest BCUT2D eigenvalue weighted by atomic mass is 16.5. The van der Waals surface area contributed by atoms with Crippen LogP contribution in [0.5, 0.6) is 5.75 Å². The van der Waals surface area contributed by atoms with E-state index in [2.05, 4.69) is 48.5 Å². The Balaban J connectivity index is 1.65. The second-order valence-electron chi connectivity index (χ2n) is 7.06. The van der Waals surface area contributed by atoms with Crippen LogP contribution in [0, 0.1) is 18.3 Å². The summed E-state index contributed by atoms with van der Waals surface area (Å²) >= 11 is 0. The molecule has 0 bridgehead atoms. The van der Waals surface area contributed by atoms with E-state index in [9.17, 15) is 0 Å². The Morgan fingerprint density at radius 3 is 2.85 bits per heavy atom. The van der Waals surface area contributed by atoms with E-state index in [-0.39, 0.29) is 12.1 Å². The van der Waals surface area contributed by atoms with Gasteiger partial charge in [-0.15, -0.1) is 6.42 Å². The van der Waals surface area contributed by atoms with Crippen molar-refractivity contribution >= 4 is 5.69 Å². The van der Waals surface area contributed by atoms with Gasteiger partial charge in [0.25, 0.3) is 0 Å². The van der Waals surface area contributed by atoms with E-state index in [1.807, 2.05) is 12.1 Å². The lowest BCUT2D eigenvalue weighted by Crippen LogP contribution is -2.36. The van der Waals surface area contributed by atoms with Crippen LogP contribution in [-0.2, 0) is 11.2 Å². The van der Waals surface area contributed by atoms with Gasteiger partial charge in [0.15, 0.2) is 0 Å². The van der Waals surface area contributed by atoms with Crippen molar-refractivity contribution in [2.24, 2.45) is 5.92 Å². The SMILES string of the molecule is C#CCOc1ccc([C@@H]2Nc3ccc(CC)cc3[C@H]3OCCC[C@H]32)cc1. The molecule has 3 atom stereocenters. The number of benzene rings is 2. The van der Waals surface area contributed by atoms with Crippen LogP contribution in [0.25, 0.3) is 0 Å². The normalized spacial score (nSPS) is 23.9. The van der Waals surface area contributed by atoms with Crippen LogP contribution in [0.4, 0.5) is 5.69 Å². The first-order chi connectivity index (χ1) is 12.8. The van der Waals surface area contributed by atoms with Crippen LogP contribution in [0.1, 0.15) is 48.6 Å². The molecule has 4 rings (SSSR count). The van der Waals surface area contributed by atoms with Crippen LogP contribution >= 0.6 is 0 Å². The first-order valence-corrected chi connectivity index (χ1v) is 9.47. The molecule has 2 aromatic carbocycles. The number of anilines is 1. The molecule has 1 fully saturated rings. The predicted molar refractivity (Wildman–Crippen MR) is 104 cm³/mol. The molecule has 2 heterocycles. The molecule has 0 radical (unpaired) electrons. The standard InChI is InChI=1S/C23H25NO2/c1-3-13-25-18-10-8-17(9-11-18)22-19-6-5-14-26-23(19)20-15-16(4-2)7-12-21(20)24-22/h1,7-12,15,19,22-24H,4-6,13-14H2,2H3/t19-,22-,23-/m0/s1. The maximum atomic E-state index is 6.25. The minimum Gasteiger partial charge on any atom is -0.481 e. The fourth-order valence-corrected chi connectivity index (χ4v) is 4.17. The Labute approximate surface area is 155 Å². The number of rotatable bonds is 4. The number of terminal acetylenes is 1. The molecule has 0 unspecified atom stereocenters. The van der Waals surface area contributed by atoms with Gasteiger partial charge in [-0.05, 0) is 48.6 Å². The van der Waals surface area contributed by atoms with Gasteiger partial charge in [0.2, 0.25) is 0 Å². The first kappa shape index (κ1) is 17.0. The molecule has 1 saturated heterocycles. The van der Waals surface area contributed by atoms with Crippen molar-refractivity contribution < 1.29 is 9.47 Å². The molecule has 2 aliphatic rings. The molecule has 3 heteroatoms. The van der Waals surface area contributed by atoms with Crippen LogP contribution in [0.3, 0.4) is 0 Å². The Bertz CT molecular complexity index is 806. The van der Waals surface area contributed by atoms with E-state index < -0.39 is 0 Å². The Hall–Kier alpha value is -2.44. The molecule has 0 aliphatic carbocycles. The molecule has 1 N–H and O–H groups in total. The maximum Gasteiger partial charge on any atom is 0.148 e. The lowest BCUT2D eigenvalue weighted by molar-refractivity contribution is -0.0381. The topological polar surface area (TPSA) is 30.5 Å². The summed E-state index contributed by atoms with van der Waals surface area (Å²) in [5.74, 6) is 3.76. The largest absolute Gasteiger partial charge is 0.481 e. The molecular formula is C23H25NO2. The smallest absolute Gasteiger partial charge is 0.148 e. The van der Waals surface area contributed by atoms with Crippen molar-refractivity contribution in [3.63, 3.8) is 0 Å². The number of aryl methyl sites for hydroxylation is 1. The van der Waals surface area contributed by atoms with Crippen LogP contribution in [-0.4, -0.2) is 13.2 Å². The first-order valence-electron chi connectivity index (χ1n) is 9.47. The van der Waals surface area contributed by atoms with Crippen molar-refractivity contribution in [2.45, 2.75) is 38.3 Å². The van der Waals surface area contributed by atoms with E-state index in [1.165, 1.54) is 28.8 Å². The van der Waals surface area contributed by atoms with Crippen molar-refractivity contribution in [3.05, 3.63) is 59.2 Å². The highest BCUT2D eigenvalue weighted by Gasteiger charge is 2.39. The van der Waals surface area contributed by atoms with Gasteiger partial charge in [-0.2, -0.15) is 0 Å². The van der Waals surface area contributed by atoms with Crippen molar-refractivity contribution in [2.75, 3.05) is 18.5 Å². The third kappa shape index (κ3) is 3.18. The van der Waals surface area contributed by atoms with E-state index in [0.29, 0.717) is 12.5 Å². The lowest BCUT2D eigenvalue weighted by atomic mass is 9.77. The van der Waals surface area contributed by atoms with Crippen molar-refractivity contribution in [1.82, 2.24) is 0 Å². The molecule has 0 saturated carbocycles.